The molecular weight excluding hydrogens is 316 g/mol. The lowest BCUT2D eigenvalue weighted by molar-refractivity contribution is 0.0987. The van der Waals surface area contributed by atoms with Crippen molar-refractivity contribution in [1.29, 1.82) is 0 Å². The van der Waals surface area contributed by atoms with Crippen molar-refractivity contribution in [2.24, 2.45) is 0 Å². The number of rotatable bonds is 7. The van der Waals surface area contributed by atoms with Gasteiger partial charge in [-0.25, -0.2) is 4.98 Å². The molecule has 25 heavy (non-hydrogen) atoms. The van der Waals surface area contributed by atoms with Crippen LogP contribution in [0.25, 0.3) is 11.4 Å². The molecule has 6 heteroatoms. The van der Waals surface area contributed by atoms with Crippen LogP contribution in [0.15, 0.2) is 48.9 Å². The highest BCUT2D eigenvalue weighted by Crippen LogP contribution is 2.21. The van der Waals surface area contributed by atoms with E-state index in [1.54, 1.807) is 18.6 Å². The molecule has 0 aliphatic rings. The van der Waals surface area contributed by atoms with Gasteiger partial charge in [0.1, 0.15) is 18.0 Å². The lowest BCUT2D eigenvalue weighted by Crippen LogP contribution is -2.27. The van der Waals surface area contributed by atoms with Gasteiger partial charge >= 0.3 is 0 Å². The molecule has 3 rings (SSSR count). The van der Waals surface area contributed by atoms with E-state index < -0.39 is 0 Å². The van der Waals surface area contributed by atoms with Crippen LogP contribution in [0.3, 0.4) is 0 Å². The van der Waals surface area contributed by atoms with Gasteiger partial charge in [0, 0.05) is 18.5 Å². The number of hydrogen-bond acceptors (Lipinski definition) is 5. The fourth-order valence-electron chi connectivity index (χ4n) is 2.14. The molecule has 3 aromatic rings. The van der Waals surface area contributed by atoms with Gasteiger partial charge < -0.3 is 9.47 Å². The first-order valence-electron chi connectivity index (χ1n) is 8.28. The molecule has 0 saturated carbocycles. The first-order chi connectivity index (χ1) is 12.1. The molecule has 3 aromatic heterocycles. The van der Waals surface area contributed by atoms with Gasteiger partial charge in [-0.2, -0.15) is 5.10 Å². The minimum absolute atomic E-state index is 0.237. The maximum Gasteiger partial charge on any atom is 0.214 e. The Morgan fingerprint density at radius 3 is 2.64 bits per heavy atom. The number of H-pyrrole nitrogens is 1. The van der Waals surface area contributed by atoms with E-state index in [0.29, 0.717) is 18.2 Å². The van der Waals surface area contributed by atoms with E-state index in [9.17, 15) is 0 Å². The summed E-state index contributed by atoms with van der Waals surface area (Å²) in [5.41, 5.74) is 2.46. The molecule has 0 aliphatic heterocycles. The zero-order valence-corrected chi connectivity index (χ0v) is 14.7. The van der Waals surface area contributed by atoms with Gasteiger partial charge in [0.15, 0.2) is 0 Å². The highest BCUT2D eigenvalue weighted by molar-refractivity contribution is 5.53. The average molecular weight is 338 g/mol. The number of nitrogens with one attached hydrogen (secondary N) is 1. The molecule has 0 radical (unpaired) electrons. The molecule has 0 aromatic carbocycles. The van der Waals surface area contributed by atoms with E-state index in [1.165, 1.54) is 0 Å². The summed E-state index contributed by atoms with van der Waals surface area (Å²) in [6, 6.07) is 9.48. The Labute approximate surface area is 147 Å². The van der Waals surface area contributed by atoms with Crippen molar-refractivity contribution >= 4 is 0 Å². The van der Waals surface area contributed by atoms with Crippen molar-refractivity contribution < 1.29 is 9.47 Å². The summed E-state index contributed by atoms with van der Waals surface area (Å²) in [6.45, 7) is 6.61. The summed E-state index contributed by atoms with van der Waals surface area (Å²) in [7, 11) is 0. The topological polar surface area (TPSA) is 72.9 Å². The third-order valence-corrected chi connectivity index (χ3v) is 3.95. The summed E-state index contributed by atoms with van der Waals surface area (Å²) in [5.74, 6) is 1.32. The maximum absolute atomic E-state index is 5.91. The van der Waals surface area contributed by atoms with Gasteiger partial charge in [0.2, 0.25) is 5.88 Å². The predicted molar refractivity (Wildman–Crippen MR) is 95.4 cm³/mol. The predicted octanol–water partition coefficient (Wildman–Crippen LogP) is 4.01. The van der Waals surface area contributed by atoms with Crippen molar-refractivity contribution in [3.8, 4) is 23.0 Å². The van der Waals surface area contributed by atoms with Crippen LogP contribution in [0.2, 0.25) is 0 Å². The molecule has 0 spiro atoms. The quantitative estimate of drug-likeness (QED) is 0.704. The fourth-order valence-corrected chi connectivity index (χ4v) is 2.14. The van der Waals surface area contributed by atoms with Crippen molar-refractivity contribution in [2.45, 2.75) is 39.4 Å². The SMILES string of the molecule is CCC(C)(C)Oc1cc(COc2ccc(-c3ccn[nH]3)nc2)ccn1. The molecule has 0 aliphatic carbocycles. The highest BCUT2D eigenvalue weighted by atomic mass is 16.5. The number of nitrogens with zero attached hydrogens (tertiary/aromatic N) is 3. The van der Waals surface area contributed by atoms with Crippen LogP contribution in [0, 0.1) is 0 Å². The lowest BCUT2D eigenvalue weighted by Gasteiger charge is -2.24. The Morgan fingerprint density at radius 2 is 1.96 bits per heavy atom. The van der Waals surface area contributed by atoms with Crippen LogP contribution < -0.4 is 9.47 Å². The molecular formula is C19H22N4O2. The van der Waals surface area contributed by atoms with Crippen LogP contribution in [-0.2, 0) is 6.61 Å². The van der Waals surface area contributed by atoms with E-state index in [-0.39, 0.29) is 5.60 Å². The van der Waals surface area contributed by atoms with Crippen molar-refractivity contribution in [3.05, 3.63) is 54.5 Å². The van der Waals surface area contributed by atoms with E-state index in [2.05, 4.69) is 27.1 Å². The maximum atomic E-state index is 5.91. The van der Waals surface area contributed by atoms with Crippen molar-refractivity contribution in [1.82, 2.24) is 20.2 Å². The van der Waals surface area contributed by atoms with Crippen LogP contribution >= 0.6 is 0 Å². The first kappa shape index (κ1) is 17.0. The van der Waals surface area contributed by atoms with E-state index in [1.807, 2.05) is 44.2 Å². The number of aromatic nitrogens is 4. The monoisotopic (exact) mass is 338 g/mol. The molecule has 0 unspecified atom stereocenters. The highest BCUT2D eigenvalue weighted by Gasteiger charge is 2.17. The van der Waals surface area contributed by atoms with E-state index in [4.69, 9.17) is 9.47 Å². The van der Waals surface area contributed by atoms with Gasteiger partial charge in [0.05, 0.1) is 17.6 Å². The zero-order valence-electron chi connectivity index (χ0n) is 14.7. The van der Waals surface area contributed by atoms with Gasteiger partial charge in [0.25, 0.3) is 0 Å². The number of aromatic amines is 1. The Kier molecular flexibility index (Phi) is 4.97. The Bertz CT molecular complexity index is 799. The first-order valence-corrected chi connectivity index (χ1v) is 8.28. The summed E-state index contributed by atoms with van der Waals surface area (Å²) < 4.78 is 11.7. The standard InChI is InChI=1S/C19H22N4O2/c1-4-19(2,3)25-18-11-14(7-9-20-18)13-24-15-5-6-16(21-12-15)17-8-10-22-23-17/h5-12H,4,13H2,1-3H3,(H,22,23). The van der Waals surface area contributed by atoms with Crippen molar-refractivity contribution in [3.63, 3.8) is 0 Å². The third kappa shape index (κ3) is 4.56. The summed E-state index contributed by atoms with van der Waals surface area (Å²) in [4.78, 5) is 8.65. The molecule has 6 nitrogen and oxygen atoms in total. The Morgan fingerprint density at radius 1 is 1.08 bits per heavy atom. The summed E-state index contributed by atoms with van der Waals surface area (Å²) >= 11 is 0. The molecule has 0 saturated heterocycles. The minimum Gasteiger partial charge on any atom is -0.487 e. The Balaban J connectivity index is 1.62. The average Bonchev–Trinajstić information content (AvgIpc) is 3.15. The summed E-state index contributed by atoms with van der Waals surface area (Å²) in [5, 5.41) is 6.81. The Hall–Kier alpha value is -2.89. The fraction of sp³-hybridized carbons (Fsp3) is 0.316. The smallest absolute Gasteiger partial charge is 0.214 e. The lowest BCUT2D eigenvalue weighted by atomic mass is 10.1. The largest absolute Gasteiger partial charge is 0.487 e. The van der Waals surface area contributed by atoms with Crippen LogP contribution in [-0.4, -0.2) is 25.8 Å². The number of ether oxygens (including phenoxy) is 2. The molecule has 0 amide bonds. The van der Waals surface area contributed by atoms with Gasteiger partial charge in [-0.05, 0) is 50.1 Å². The second-order valence-corrected chi connectivity index (χ2v) is 6.36. The minimum atomic E-state index is -0.237. The molecule has 0 atom stereocenters. The van der Waals surface area contributed by atoms with Gasteiger partial charge in [-0.15, -0.1) is 0 Å². The van der Waals surface area contributed by atoms with Crippen LogP contribution in [0.5, 0.6) is 11.6 Å². The molecule has 3 heterocycles. The zero-order chi connectivity index (χ0) is 17.7. The van der Waals surface area contributed by atoms with Crippen LogP contribution in [0.4, 0.5) is 0 Å². The van der Waals surface area contributed by atoms with Gasteiger partial charge in [-0.3, -0.25) is 10.1 Å². The van der Waals surface area contributed by atoms with Crippen LogP contribution in [0.1, 0.15) is 32.8 Å². The van der Waals surface area contributed by atoms with E-state index in [0.717, 1.165) is 23.4 Å². The normalized spacial score (nSPS) is 11.3. The summed E-state index contributed by atoms with van der Waals surface area (Å²) in [6.07, 6.45) is 6.04. The second-order valence-electron chi connectivity index (χ2n) is 6.36. The molecule has 1 N–H and O–H groups in total. The number of hydrogen-bond donors (Lipinski definition) is 1. The third-order valence-electron chi connectivity index (χ3n) is 3.95. The van der Waals surface area contributed by atoms with Crippen molar-refractivity contribution in [2.75, 3.05) is 0 Å². The number of pyridine rings is 2. The molecule has 0 fully saturated rings. The molecule has 130 valence electrons. The van der Waals surface area contributed by atoms with E-state index >= 15 is 0 Å². The molecule has 0 bridgehead atoms. The second kappa shape index (κ2) is 7.34. The van der Waals surface area contributed by atoms with Gasteiger partial charge in [-0.1, -0.05) is 6.92 Å².